The average Bonchev–Trinajstić information content (AvgIpc) is 2.41. The summed E-state index contributed by atoms with van der Waals surface area (Å²) in [5.74, 6) is -1.41. The second-order valence-electron chi connectivity index (χ2n) is 5.29. The summed E-state index contributed by atoms with van der Waals surface area (Å²) < 4.78 is 14.0. The number of hydrogen-bond acceptors (Lipinski definition) is 2. The zero-order chi connectivity index (χ0) is 16.7. The van der Waals surface area contributed by atoms with Crippen LogP contribution < -0.4 is 10.6 Å². The molecule has 0 bridgehead atoms. The number of halogens is 2. The number of aliphatic carboxylic acids is 1. The van der Waals surface area contributed by atoms with Gasteiger partial charge in [-0.25, -0.2) is 9.18 Å². The molecule has 0 spiro atoms. The molecule has 3 N–H and O–H groups in total. The number of carboxylic acid groups (broad SMARTS) is 1. The summed E-state index contributed by atoms with van der Waals surface area (Å²) in [6.45, 7) is 3.97. The highest BCUT2D eigenvalue weighted by molar-refractivity contribution is 6.30. The van der Waals surface area contributed by atoms with Crippen molar-refractivity contribution in [3.63, 3.8) is 0 Å². The number of amides is 2. The number of benzene rings is 1. The molecular weight excluding hydrogens is 311 g/mol. The summed E-state index contributed by atoms with van der Waals surface area (Å²) >= 11 is 5.73. The molecule has 2 amide bonds. The lowest BCUT2D eigenvalue weighted by molar-refractivity contribution is -0.137. The zero-order valence-corrected chi connectivity index (χ0v) is 13.3. The molecule has 122 valence electrons. The number of carbonyl (C=O) groups is 2. The van der Waals surface area contributed by atoms with Crippen LogP contribution in [-0.4, -0.2) is 23.7 Å². The van der Waals surface area contributed by atoms with Crippen LogP contribution in [0.25, 0.3) is 0 Å². The van der Waals surface area contributed by atoms with Gasteiger partial charge in [0.1, 0.15) is 5.82 Å². The van der Waals surface area contributed by atoms with Gasteiger partial charge in [0.25, 0.3) is 0 Å². The molecule has 0 heterocycles. The summed E-state index contributed by atoms with van der Waals surface area (Å²) in [4.78, 5) is 22.2. The normalized spacial score (nSPS) is 12.0. The Morgan fingerprint density at radius 3 is 2.59 bits per heavy atom. The maximum Gasteiger partial charge on any atom is 0.315 e. The minimum atomic E-state index is -0.912. The second kappa shape index (κ2) is 8.58. The van der Waals surface area contributed by atoms with E-state index >= 15 is 0 Å². The lowest BCUT2D eigenvalue weighted by Crippen LogP contribution is -2.40. The third-order valence-corrected chi connectivity index (χ3v) is 3.34. The van der Waals surface area contributed by atoms with Crippen LogP contribution >= 0.6 is 11.6 Å². The predicted octanol–water partition coefficient (Wildman–Crippen LogP) is 3.34. The Morgan fingerprint density at radius 2 is 2.05 bits per heavy atom. The van der Waals surface area contributed by atoms with Crippen molar-refractivity contribution in [2.24, 2.45) is 5.92 Å². The third kappa shape index (κ3) is 5.89. The van der Waals surface area contributed by atoms with E-state index < -0.39 is 23.9 Å². The van der Waals surface area contributed by atoms with Gasteiger partial charge in [-0.1, -0.05) is 31.5 Å². The first-order valence-corrected chi connectivity index (χ1v) is 7.40. The monoisotopic (exact) mass is 330 g/mol. The molecule has 1 unspecified atom stereocenters. The summed E-state index contributed by atoms with van der Waals surface area (Å²) in [7, 11) is 0. The first kappa shape index (κ1) is 18.2. The average molecular weight is 331 g/mol. The number of rotatable bonds is 7. The van der Waals surface area contributed by atoms with Crippen molar-refractivity contribution in [1.29, 1.82) is 0 Å². The Morgan fingerprint density at radius 1 is 1.36 bits per heavy atom. The van der Waals surface area contributed by atoms with E-state index in [1.807, 2.05) is 13.8 Å². The van der Waals surface area contributed by atoms with Gasteiger partial charge < -0.3 is 15.7 Å². The first-order chi connectivity index (χ1) is 10.3. The van der Waals surface area contributed by atoms with Gasteiger partial charge in [-0.05, 0) is 24.5 Å². The van der Waals surface area contributed by atoms with Crippen molar-refractivity contribution in [1.82, 2.24) is 10.6 Å². The van der Waals surface area contributed by atoms with Crippen LogP contribution in [0.5, 0.6) is 0 Å². The smallest absolute Gasteiger partial charge is 0.315 e. The Hall–Kier alpha value is -1.82. The SMILES string of the molecule is CC(C)C(NC(=O)NCCCC(=O)O)c1ccc(Cl)cc1F. The van der Waals surface area contributed by atoms with Crippen LogP contribution in [0.3, 0.4) is 0 Å². The molecule has 0 fully saturated rings. The Labute approximate surface area is 133 Å². The third-order valence-electron chi connectivity index (χ3n) is 3.10. The van der Waals surface area contributed by atoms with Crippen LogP contribution in [0.15, 0.2) is 18.2 Å². The van der Waals surface area contributed by atoms with E-state index in [0.29, 0.717) is 17.0 Å². The number of urea groups is 1. The number of carbonyl (C=O) groups excluding carboxylic acids is 1. The Balaban J connectivity index is 2.64. The number of carboxylic acids is 1. The van der Waals surface area contributed by atoms with E-state index in [-0.39, 0.29) is 18.9 Å². The van der Waals surface area contributed by atoms with E-state index in [1.54, 1.807) is 12.1 Å². The van der Waals surface area contributed by atoms with Gasteiger partial charge in [0.05, 0.1) is 6.04 Å². The van der Waals surface area contributed by atoms with Gasteiger partial charge in [0, 0.05) is 23.6 Å². The molecule has 7 heteroatoms. The molecule has 0 aliphatic rings. The van der Waals surface area contributed by atoms with E-state index in [4.69, 9.17) is 16.7 Å². The molecule has 0 saturated carbocycles. The summed E-state index contributed by atoms with van der Waals surface area (Å²) in [6, 6.07) is 3.36. The summed E-state index contributed by atoms with van der Waals surface area (Å²) in [5.41, 5.74) is 0.361. The van der Waals surface area contributed by atoms with Crippen molar-refractivity contribution in [3.8, 4) is 0 Å². The fourth-order valence-corrected chi connectivity index (χ4v) is 2.15. The minimum absolute atomic E-state index is 0.0142. The lowest BCUT2D eigenvalue weighted by Gasteiger charge is -2.23. The maximum absolute atomic E-state index is 14.0. The fourth-order valence-electron chi connectivity index (χ4n) is 1.99. The topological polar surface area (TPSA) is 78.4 Å². The molecule has 0 aliphatic carbocycles. The quantitative estimate of drug-likeness (QED) is 0.671. The molecule has 1 aromatic carbocycles. The molecule has 1 rings (SSSR count). The highest BCUT2D eigenvalue weighted by Crippen LogP contribution is 2.26. The second-order valence-corrected chi connectivity index (χ2v) is 5.72. The van der Waals surface area contributed by atoms with Gasteiger partial charge in [-0.2, -0.15) is 0 Å². The minimum Gasteiger partial charge on any atom is -0.481 e. The van der Waals surface area contributed by atoms with Crippen molar-refractivity contribution in [3.05, 3.63) is 34.6 Å². The molecule has 1 aromatic rings. The maximum atomic E-state index is 14.0. The first-order valence-electron chi connectivity index (χ1n) is 7.02. The Kier molecular flexibility index (Phi) is 7.11. The van der Waals surface area contributed by atoms with Gasteiger partial charge in [-0.15, -0.1) is 0 Å². The lowest BCUT2D eigenvalue weighted by atomic mass is 9.96. The number of hydrogen-bond donors (Lipinski definition) is 3. The molecule has 0 aromatic heterocycles. The van der Waals surface area contributed by atoms with Crippen LogP contribution in [0, 0.1) is 11.7 Å². The highest BCUT2D eigenvalue weighted by Gasteiger charge is 2.21. The van der Waals surface area contributed by atoms with E-state index in [9.17, 15) is 14.0 Å². The van der Waals surface area contributed by atoms with Crippen molar-refractivity contribution < 1.29 is 19.1 Å². The molecule has 0 aliphatic heterocycles. The van der Waals surface area contributed by atoms with E-state index in [0.717, 1.165) is 0 Å². The van der Waals surface area contributed by atoms with Gasteiger partial charge >= 0.3 is 12.0 Å². The molecular formula is C15H20ClFN2O3. The zero-order valence-electron chi connectivity index (χ0n) is 12.5. The van der Waals surface area contributed by atoms with Crippen LogP contribution in [0.4, 0.5) is 9.18 Å². The van der Waals surface area contributed by atoms with Crippen molar-refractivity contribution >= 4 is 23.6 Å². The van der Waals surface area contributed by atoms with Crippen molar-refractivity contribution in [2.75, 3.05) is 6.54 Å². The number of nitrogens with one attached hydrogen (secondary N) is 2. The Bertz CT molecular complexity index is 538. The van der Waals surface area contributed by atoms with Gasteiger partial charge in [-0.3, -0.25) is 4.79 Å². The predicted molar refractivity (Wildman–Crippen MR) is 82.4 cm³/mol. The van der Waals surface area contributed by atoms with Crippen LogP contribution in [-0.2, 0) is 4.79 Å². The van der Waals surface area contributed by atoms with Gasteiger partial charge in [0.15, 0.2) is 0 Å². The van der Waals surface area contributed by atoms with Gasteiger partial charge in [0.2, 0.25) is 0 Å². The fraction of sp³-hybridized carbons (Fsp3) is 0.467. The summed E-state index contributed by atoms with van der Waals surface area (Å²) in [5, 5.41) is 14.1. The van der Waals surface area contributed by atoms with Crippen LogP contribution in [0.2, 0.25) is 5.02 Å². The highest BCUT2D eigenvalue weighted by atomic mass is 35.5. The van der Waals surface area contributed by atoms with Crippen molar-refractivity contribution in [2.45, 2.75) is 32.7 Å². The molecule has 22 heavy (non-hydrogen) atoms. The standard InChI is InChI=1S/C15H20ClFN2O3/c1-9(2)14(11-6-5-10(16)8-12(11)17)19-15(22)18-7-3-4-13(20)21/h5-6,8-9,14H,3-4,7H2,1-2H3,(H,20,21)(H2,18,19,22). The largest absolute Gasteiger partial charge is 0.481 e. The molecule has 0 saturated heterocycles. The van der Waals surface area contributed by atoms with E-state index in [2.05, 4.69) is 10.6 Å². The molecule has 1 atom stereocenters. The van der Waals surface area contributed by atoms with E-state index in [1.165, 1.54) is 6.07 Å². The molecule has 0 radical (unpaired) electrons. The van der Waals surface area contributed by atoms with Crippen LogP contribution in [0.1, 0.15) is 38.3 Å². The molecule has 5 nitrogen and oxygen atoms in total. The summed E-state index contributed by atoms with van der Waals surface area (Å²) in [6.07, 6.45) is 0.324.